The quantitative estimate of drug-likeness (QED) is 0.903. The maximum Gasteiger partial charge on any atom is 0.267 e. The zero-order valence-electron chi connectivity index (χ0n) is 10.5. The molecule has 0 aliphatic carbocycles. The summed E-state index contributed by atoms with van der Waals surface area (Å²) in [6, 6.07) is 3.51. The largest absolute Gasteiger partial charge is 0.381 e. The number of nitrogens with two attached hydrogens (primary N) is 1. The predicted octanol–water partition coefficient (Wildman–Crippen LogP) is 2.08. The molecule has 0 saturated heterocycles. The number of sulfonamides is 1. The van der Waals surface area contributed by atoms with E-state index in [9.17, 15) is 12.8 Å². The van der Waals surface area contributed by atoms with Crippen molar-refractivity contribution in [1.82, 2.24) is 9.78 Å². The lowest BCUT2D eigenvalue weighted by molar-refractivity contribution is 0.600. The van der Waals surface area contributed by atoms with Gasteiger partial charge >= 0.3 is 0 Å². The summed E-state index contributed by atoms with van der Waals surface area (Å²) in [5, 5.41) is 3.68. The zero-order valence-corrected chi connectivity index (χ0v) is 12.0. The van der Waals surface area contributed by atoms with Gasteiger partial charge in [-0.3, -0.25) is 9.40 Å². The van der Waals surface area contributed by atoms with Crippen molar-refractivity contribution in [2.75, 3.05) is 10.5 Å². The Bertz CT molecular complexity index is 745. The molecule has 0 radical (unpaired) electrons. The van der Waals surface area contributed by atoms with Crippen LogP contribution in [0.15, 0.2) is 29.3 Å². The van der Waals surface area contributed by atoms with Crippen LogP contribution in [0.5, 0.6) is 0 Å². The van der Waals surface area contributed by atoms with Crippen molar-refractivity contribution in [2.24, 2.45) is 0 Å². The predicted molar refractivity (Wildman–Crippen MR) is 74.5 cm³/mol. The number of anilines is 2. The molecule has 6 nitrogen and oxygen atoms in total. The SMILES string of the molecule is CCn1cc(S(=O)(=O)Nc2ccc(F)c(Cl)c2)c(N)n1. The number of aromatic nitrogens is 2. The van der Waals surface area contributed by atoms with Crippen LogP contribution in [-0.2, 0) is 16.6 Å². The van der Waals surface area contributed by atoms with E-state index in [1.165, 1.54) is 23.0 Å². The summed E-state index contributed by atoms with van der Waals surface area (Å²) in [6.45, 7) is 2.29. The minimum Gasteiger partial charge on any atom is -0.381 e. The molecule has 2 rings (SSSR count). The summed E-state index contributed by atoms with van der Waals surface area (Å²) in [6.07, 6.45) is 1.32. The maximum atomic E-state index is 13.0. The van der Waals surface area contributed by atoms with E-state index in [0.29, 0.717) is 6.54 Å². The molecule has 0 amide bonds. The zero-order chi connectivity index (χ0) is 14.9. The molecule has 0 aliphatic heterocycles. The molecule has 0 atom stereocenters. The Morgan fingerprint density at radius 3 is 2.75 bits per heavy atom. The normalized spacial score (nSPS) is 11.6. The third-order valence-corrected chi connectivity index (χ3v) is 4.23. The molecule has 0 saturated carbocycles. The number of halogens is 2. The van der Waals surface area contributed by atoms with Crippen molar-refractivity contribution in [2.45, 2.75) is 18.4 Å². The molecule has 1 aromatic heterocycles. The van der Waals surface area contributed by atoms with E-state index in [2.05, 4.69) is 9.82 Å². The second kappa shape index (κ2) is 5.29. The Hall–Kier alpha value is -1.80. The minimum absolute atomic E-state index is 0.104. The summed E-state index contributed by atoms with van der Waals surface area (Å²) in [5.74, 6) is -0.736. The van der Waals surface area contributed by atoms with Crippen molar-refractivity contribution in [3.8, 4) is 0 Å². The molecule has 9 heteroatoms. The molecule has 0 bridgehead atoms. The molecular formula is C11H12ClFN4O2S. The maximum absolute atomic E-state index is 13.0. The number of nitrogen functional groups attached to an aromatic ring is 1. The summed E-state index contributed by atoms with van der Waals surface area (Å²) in [7, 11) is -3.90. The number of benzene rings is 1. The van der Waals surface area contributed by atoms with E-state index in [-0.39, 0.29) is 21.4 Å². The van der Waals surface area contributed by atoms with Crippen LogP contribution in [0.4, 0.5) is 15.9 Å². The molecule has 2 aromatic rings. The second-order valence-corrected chi connectivity index (χ2v) is 6.03. The van der Waals surface area contributed by atoms with Crippen LogP contribution in [0, 0.1) is 5.82 Å². The van der Waals surface area contributed by atoms with Gasteiger partial charge in [0.2, 0.25) is 0 Å². The van der Waals surface area contributed by atoms with Crippen molar-refractivity contribution < 1.29 is 12.8 Å². The van der Waals surface area contributed by atoms with Gasteiger partial charge in [-0.2, -0.15) is 5.10 Å². The first kappa shape index (κ1) is 14.6. The van der Waals surface area contributed by atoms with Crippen LogP contribution in [-0.4, -0.2) is 18.2 Å². The van der Waals surface area contributed by atoms with Gasteiger partial charge in [0.1, 0.15) is 10.7 Å². The van der Waals surface area contributed by atoms with Gasteiger partial charge in [0.15, 0.2) is 5.82 Å². The average molecular weight is 319 g/mol. The number of aryl methyl sites for hydroxylation is 1. The van der Waals surface area contributed by atoms with E-state index in [1.807, 2.05) is 0 Å². The van der Waals surface area contributed by atoms with Gasteiger partial charge in [-0.05, 0) is 25.1 Å². The van der Waals surface area contributed by atoms with Gasteiger partial charge < -0.3 is 5.73 Å². The van der Waals surface area contributed by atoms with Crippen molar-refractivity contribution in [3.05, 3.63) is 35.2 Å². The van der Waals surface area contributed by atoms with E-state index in [4.69, 9.17) is 17.3 Å². The van der Waals surface area contributed by atoms with Crippen LogP contribution in [0.1, 0.15) is 6.92 Å². The molecule has 20 heavy (non-hydrogen) atoms. The van der Waals surface area contributed by atoms with Crippen molar-refractivity contribution >= 4 is 33.1 Å². The summed E-state index contributed by atoms with van der Waals surface area (Å²) in [4.78, 5) is -0.139. The van der Waals surface area contributed by atoms with E-state index in [0.717, 1.165) is 6.07 Å². The second-order valence-electron chi connectivity index (χ2n) is 3.97. The lowest BCUT2D eigenvalue weighted by atomic mass is 10.3. The Morgan fingerprint density at radius 1 is 1.50 bits per heavy atom. The first-order valence-corrected chi connectivity index (χ1v) is 7.50. The lowest BCUT2D eigenvalue weighted by Gasteiger charge is -2.07. The fraction of sp³-hybridized carbons (Fsp3) is 0.182. The smallest absolute Gasteiger partial charge is 0.267 e. The highest BCUT2D eigenvalue weighted by molar-refractivity contribution is 7.92. The average Bonchev–Trinajstić information content (AvgIpc) is 2.76. The highest BCUT2D eigenvalue weighted by atomic mass is 35.5. The van der Waals surface area contributed by atoms with E-state index < -0.39 is 15.8 Å². The summed E-state index contributed by atoms with van der Waals surface area (Å²) < 4.78 is 41.0. The summed E-state index contributed by atoms with van der Waals surface area (Å²) in [5.41, 5.74) is 5.71. The van der Waals surface area contributed by atoms with Crippen LogP contribution >= 0.6 is 11.6 Å². The Labute approximate surface area is 120 Å². The third kappa shape index (κ3) is 2.86. The number of rotatable bonds is 4. The molecule has 0 aliphatic rings. The standard InChI is InChI=1S/C11H12ClFN4O2S/c1-2-17-6-10(11(14)15-17)20(18,19)16-7-3-4-9(13)8(12)5-7/h3-6,16H,2H2,1H3,(H2,14,15). The fourth-order valence-corrected chi connectivity index (χ4v) is 2.86. The van der Waals surface area contributed by atoms with Gasteiger partial charge in [-0.1, -0.05) is 11.6 Å². The third-order valence-electron chi connectivity index (χ3n) is 2.54. The summed E-state index contributed by atoms with van der Waals surface area (Å²) >= 11 is 5.60. The van der Waals surface area contributed by atoms with E-state index in [1.54, 1.807) is 6.92 Å². The first-order chi connectivity index (χ1) is 9.33. The van der Waals surface area contributed by atoms with Crippen molar-refractivity contribution in [3.63, 3.8) is 0 Å². The molecule has 1 heterocycles. The van der Waals surface area contributed by atoms with Gasteiger partial charge in [-0.15, -0.1) is 0 Å². The molecule has 108 valence electrons. The van der Waals surface area contributed by atoms with Gasteiger partial charge in [0.25, 0.3) is 10.0 Å². The van der Waals surface area contributed by atoms with Crippen LogP contribution < -0.4 is 10.5 Å². The van der Waals surface area contributed by atoms with Gasteiger partial charge in [0.05, 0.1) is 10.7 Å². The fourth-order valence-electron chi connectivity index (χ4n) is 1.56. The topological polar surface area (TPSA) is 90.0 Å². The van der Waals surface area contributed by atoms with E-state index >= 15 is 0 Å². The molecule has 0 spiro atoms. The highest BCUT2D eigenvalue weighted by Crippen LogP contribution is 2.24. The first-order valence-electron chi connectivity index (χ1n) is 5.64. The monoisotopic (exact) mass is 318 g/mol. The molecule has 3 N–H and O–H groups in total. The number of nitrogens with one attached hydrogen (secondary N) is 1. The van der Waals surface area contributed by atoms with Crippen LogP contribution in [0.3, 0.4) is 0 Å². The number of hydrogen-bond donors (Lipinski definition) is 2. The Morgan fingerprint density at radius 2 is 2.20 bits per heavy atom. The lowest BCUT2D eigenvalue weighted by Crippen LogP contribution is -2.14. The molecule has 0 fully saturated rings. The molecule has 0 unspecified atom stereocenters. The number of nitrogens with zero attached hydrogens (tertiary/aromatic N) is 2. The minimum atomic E-state index is -3.90. The Kier molecular flexibility index (Phi) is 3.87. The van der Waals surface area contributed by atoms with Gasteiger partial charge in [-0.25, -0.2) is 12.8 Å². The number of hydrogen-bond acceptors (Lipinski definition) is 4. The van der Waals surface area contributed by atoms with Crippen molar-refractivity contribution in [1.29, 1.82) is 0 Å². The molecule has 1 aromatic carbocycles. The van der Waals surface area contributed by atoms with Gasteiger partial charge in [0, 0.05) is 12.7 Å². The van der Waals surface area contributed by atoms with Crippen LogP contribution in [0.2, 0.25) is 5.02 Å². The molecular weight excluding hydrogens is 307 g/mol. The van der Waals surface area contributed by atoms with Crippen LogP contribution in [0.25, 0.3) is 0 Å². The highest BCUT2D eigenvalue weighted by Gasteiger charge is 2.21. The Balaban J connectivity index is 2.35.